The van der Waals surface area contributed by atoms with Crippen LogP contribution in [0.25, 0.3) is 11.0 Å². The van der Waals surface area contributed by atoms with Crippen molar-refractivity contribution in [2.45, 2.75) is 32.9 Å². The SMILES string of the molecule is CC(C)n1cnc2cc(C(=O)N3C[C@@H](C)[C@@H](N(C)C)C3)ccc21. The van der Waals surface area contributed by atoms with E-state index in [-0.39, 0.29) is 5.91 Å². The van der Waals surface area contributed by atoms with Gasteiger partial charge in [0, 0.05) is 30.7 Å². The minimum absolute atomic E-state index is 0.113. The summed E-state index contributed by atoms with van der Waals surface area (Å²) < 4.78 is 2.13. The van der Waals surface area contributed by atoms with Crippen LogP contribution in [0.3, 0.4) is 0 Å². The first kappa shape index (κ1) is 16.0. The first-order valence-corrected chi connectivity index (χ1v) is 8.30. The van der Waals surface area contributed by atoms with Crippen molar-refractivity contribution in [1.82, 2.24) is 19.4 Å². The number of likely N-dealkylation sites (tertiary alicyclic amines) is 1. The maximum Gasteiger partial charge on any atom is 0.253 e. The fourth-order valence-corrected chi connectivity index (χ4v) is 3.55. The Balaban J connectivity index is 1.85. The Morgan fingerprint density at radius 2 is 2.04 bits per heavy atom. The van der Waals surface area contributed by atoms with Gasteiger partial charge in [-0.2, -0.15) is 0 Å². The lowest BCUT2D eigenvalue weighted by molar-refractivity contribution is 0.0781. The first-order valence-electron chi connectivity index (χ1n) is 8.30. The average molecular weight is 314 g/mol. The van der Waals surface area contributed by atoms with E-state index in [0.29, 0.717) is 18.0 Å². The average Bonchev–Trinajstić information content (AvgIpc) is 3.09. The van der Waals surface area contributed by atoms with Gasteiger partial charge in [0.05, 0.1) is 17.4 Å². The number of amides is 1. The maximum atomic E-state index is 12.8. The van der Waals surface area contributed by atoms with Crippen LogP contribution in [-0.4, -0.2) is 58.5 Å². The molecule has 1 amide bonds. The Morgan fingerprint density at radius 1 is 1.30 bits per heavy atom. The van der Waals surface area contributed by atoms with Crippen LogP contribution in [0.15, 0.2) is 24.5 Å². The van der Waals surface area contributed by atoms with E-state index >= 15 is 0 Å². The molecular weight excluding hydrogens is 288 g/mol. The monoisotopic (exact) mass is 314 g/mol. The predicted molar refractivity (Wildman–Crippen MR) is 92.7 cm³/mol. The third kappa shape index (κ3) is 2.85. The van der Waals surface area contributed by atoms with E-state index in [1.165, 1.54) is 0 Å². The molecule has 1 aromatic carbocycles. The molecule has 23 heavy (non-hydrogen) atoms. The minimum Gasteiger partial charge on any atom is -0.337 e. The molecule has 0 radical (unpaired) electrons. The van der Waals surface area contributed by atoms with E-state index in [4.69, 9.17) is 0 Å². The highest BCUT2D eigenvalue weighted by atomic mass is 16.2. The van der Waals surface area contributed by atoms with Crippen molar-refractivity contribution >= 4 is 16.9 Å². The van der Waals surface area contributed by atoms with Crippen LogP contribution in [0, 0.1) is 5.92 Å². The molecule has 1 aliphatic heterocycles. The van der Waals surface area contributed by atoms with Gasteiger partial charge < -0.3 is 14.4 Å². The van der Waals surface area contributed by atoms with E-state index < -0.39 is 0 Å². The highest BCUT2D eigenvalue weighted by Gasteiger charge is 2.34. The lowest BCUT2D eigenvalue weighted by Gasteiger charge is -2.22. The number of rotatable bonds is 3. The molecule has 2 heterocycles. The molecule has 0 N–H and O–H groups in total. The predicted octanol–water partition coefficient (Wildman–Crippen LogP) is 2.64. The normalized spacial score (nSPS) is 21.8. The summed E-state index contributed by atoms with van der Waals surface area (Å²) in [6.07, 6.45) is 1.85. The number of hydrogen-bond donors (Lipinski definition) is 0. The largest absolute Gasteiger partial charge is 0.337 e. The molecular formula is C18H26N4O. The summed E-state index contributed by atoms with van der Waals surface area (Å²) >= 11 is 0. The van der Waals surface area contributed by atoms with Gasteiger partial charge in [0.1, 0.15) is 0 Å². The van der Waals surface area contributed by atoms with Gasteiger partial charge in [-0.05, 0) is 52.1 Å². The Hall–Kier alpha value is -1.88. The highest BCUT2D eigenvalue weighted by Crippen LogP contribution is 2.24. The summed E-state index contributed by atoms with van der Waals surface area (Å²) in [5, 5.41) is 0. The van der Waals surface area contributed by atoms with Gasteiger partial charge in [-0.15, -0.1) is 0 Å². The number of aromatic nitrogens is 2. The molecule has 124 valence electrons. The Bertz CT molecular complexity index is 719. The molecule has 3 rings (SSSR count). The fraction of sp³-hybridized carbons (Fsp3) is 0.556. The lowest BCUT2D eigenvalue weighted by Crippen LogP contribution is -2.35. The Labute approximate surface area is 137 Å². The molecule has 1 aromatic heterocycles. The molecule has 5 nitrogen and oxygen atoms in total. The smallest absolute Gasteiger partial charge is 0.253 e. The van der Waals surface area contributed by atoms with Crippen LogP contribution in [0.1, 0.15) is 37.2 Å². The van der Waals surface area contributed by atoms with Crippen molar-refractivity contribution in [2.24, 2.45) is 5.92 Å². The molecule has 2 atom stereocenters. The van der Waals surface area contributed by atoms with E-state index in [1.54, 1.807) is 0 Å². The van der Waals surface area contributed by atoms with E-state index in [2.05, 4.69) is 49.3 Å². The molecule has 2 aromatic rings. The number of imidazole rings is 1. The van der Waals surface area contributed by atoms with Crippen molar-refractivity contribution in [2.75, 3.05) is 27.2 Å². The van der Waals surface area contributed by atoms with Gasteiger partial charge in [0.25, 0.3) is 5.91 Å². The standard InChI is InChI=1S/C18H26N4O/c1-12(2)22-11-19-15-8-14(6-7-16(15)22)18(23)21-9-13(3)17(10-21)20(4)5/h6-8,11-13,17H,9-10H2,1-5H3/t13-,17+/m1/s1. The third-order valence-corrected chi connectivity index (χ3v) is 4.90. The van der Waals surface area contributed by atoms with Crippen LogP contribution in [0.5, 0.6) is 0 Å². The van der Waals surface area contributed by atoms with Gasteiger partial charge in [0.15, 0.2) is 0 Å². The van der Waals surface area contributed by atoms with Crippen molar-refractivity contribution < 1.29 is 4.79 Å². The number of benzene rings is 1. The topological polar surface area (TPSA) is 41.4 Å². The zero-order chi connectivity index (χ0) is 16.7. The van der Waals surface area contributed by atoms with Gasteiger partial charge in [-0.3, -0.25) is 4.79 Å². The molecule has 1 saturated heterocycles. The molecule has 0 unspecified atom stereocenters. The summed E-state index contributed by atoms with van der Waals surface area (Å²) in [4.78, 5) is 21.5. The summed E-state index contributed by atoms with van der Waals surface area (Å²) in [5.74, 6) is 0.611. The maximum absolute atomic E-state index is 12.8. The number of fused-ring (bicyclic) bond motifs is 1. The fourth-order valence-electron chi connectivity index (χ4n) is 3.55. The summed E-state index contributed by atoms with van der Waals surface area (Å²) in [7, 11) is 4.17. The van der Waals surface area contributed by atoms with Crippen molar-refractivity contribution in [1.29, 1.82) is 0 Å². The van der Waals surface area contributed by atoms with Crippen LogP contribution >= 0.6 is 0 Å². The number of carbonyl (C=O) groups excluding carboxylic acids is 1. The van der Waals surface area contributed by atoms with Crippen LogP contribution in [0.4, 0.5) is 0 Å². The molecule has 1 aliphatic rings. The third-order valence-electron chi connectivity index (χ3n) is 4.90. The summed E-state index contributed by atoms with van der Waals surface area (Å²) in [6.45, 7) is 8.09. The molecule has 0 saturated carbocycles. The van der Waals surface area contributed by atoms with Gasteiger partial charge in [-0.1, -0.05) is 6.92 Å². The molecule has 0 aliphatic carbocycles. The highest BCUT2D eigenvalue weighted by molar-refractivity contribution is 5.97. The quantitative estimate of drug-likeness (QED) is 0.874. The van der Waals surface area contributed by atoms with E-state index in [1.807, 2.05) is 29.4 Å². The number of hydrogen-bond acceptors (Lipinski definition) is 3. The summed E-state index contributed by atoms with van der Waals surface area (Å²) in [6, 6.07) is 6.66. The van der Waals surface area contributed by atoms with Crippen molar-refractivity contribution in [3.05, 3.63) is 30.1 Å². The number of likely N-dealkylation sites (N-methyl/N-ethyl adjacent to an activating group) is 1. The molecule has 5 heteroatoms. The first-order chi connectivity index (χ1) is 10.9. The van der Waals surface area contributed by atoms with Crippen LogP contribution in [-0.2, 0) is 0 Å². The van der Waals surface area contributed by atoms with Crippen molar-refractivity contribution in [3.8, 4) is 0 Å². The minimum atomic E-state index is 0.113. The lowest BCUT2D eigenvalue weighted by atomic mass is 10.1. The number of carbonyl (C=O) groups is 1. The zero-order valence-electron chi connectivity index (χ0n) is 14.7. The van der Waals surface area contributed by atoms with E-state index in [0.717, 1.165) is 29.7 Å². The van der Waals surface area contributed by atoms with Crippen LogP contribution in [0.2, 0.25) is 0 Å². The second-order valence-corrected chi connectivity index (χ2v) is 7.17. The zero-order valence-corrected chi connectivity index (χ0v) is 14.7. The Morgan fingerprint density at radius 3 is 2.65 bits per heavy atom. The number of nitrogens with zero attached hydrogens (tertiary/aromatic N) is 4. The Kier molecular flexibility index (Phi) is 4.15. The second kappa shape index (κ2) is 5.96. The van der Waals surface area contributed by atoms with Gasteiger partial charge >= 0.3 is 0 Å². The molecule has 0 bridgehead atoms. The van der Waals surface area contributed by atoms with Gasteiger partial charge in [0.2, 0.25) is 0 Å². The molecule has 0 spiro atoms. The second-order valence-electron chi connectivity index (χ2n) is 7.17. The summed E-state index contributed by atoms with van der Waals surface area (Å²) in [5.41, 5.74) is 2.71. The van der Waals surface area contributed by atoms with Gasteiger partial charge in [-0.25, -0.2) is 4.98 Å². The van der Waals surface area contributed by atoms with E-state index in [9.17, 15) is 4.79 Å². The molecule has 1 fully saturated rings. The van der Waals surface area contributed by atoms with Crippen LogP contribution < -0.4 is 0 Å². The van der Waals surface area contributed by atoms with Crippen molar-refractivity contribution in [3.63, 3.8) is 0 Å².